The highest BCUT2D eigenvalue weighted by molar-refractivity contribution is 5.81. The van der Waals surface area contributed by atoms with Gasteiger partial charge in [0.25, 0.3) is 0 Å². The molecule has 0 saturated heterocycles. The van der Waals surface area contributed by atoms with Gasteiger partial charge < -0.3 is 0 Å². The van der Waals surface area contributed by atoms with E-state index < -0.39 is 0 Å². The highest BCUT2D eigenvalue weighted by Crippen LogP contribution is 2.34. The number of rotatable bonds is 1. The van der Waals surface area contributed by atoms with Gasteiger partial charge in [-0.05, 0) is 44.4 Å². The summed E-state index contributed by atoms with van der Waals surface area (Å²) in [6.45, 7) is 1.98. The Hall–Kier alpha value is -1.38. The van der Waals surface area contributed by atoms with E-state index in [0.29, 0.717) is 6.04 Å². The molecule has 1 aromatic heterocycles. The molecule has 1 saturated carbocycles. The Balaban J connectivity index is 2.24. The van der Waals surface area contributed by atoms with E-state index in [-0.39, 0.29) is 5.82 Å². The van der Waals surface area contributed by atoms with Gasteiger partial charge in [0.15, 0.2) is 0 Å². The van der Waals surface area contributed by atoms with Crippen molar-refractivity contribution in [2.45, 2.75) is 32.2 Å². The number of nitrogens with zero attached hydrogens (tertiary/aromatic N) is 2. The maximum Gasteiger partial charge on any atom is 0.125 e. The lowest BCUT2D eigenvalue weighted by molar-refractivity contribution is 0.296. The molecular formula is C12H13FN2. The number of aryl methyl sites for hydroxylation is 1. The Morgan fingerprint density at radius 3 is 2.87 bits per heavy atom. The highest BCUT2D eigenvalue weighted by atomic mass is 19.1. The first-order valence-electron chi connectivity index (χ1n) is 5.40. The Bertz CT molecular complexity index is 512. The van der Waals surface area contributed by atoms with Gasteiger partial charge in [0.2, 0.25) is 0 Å². The molecule has 0 N–H and O–H groups in total. The van der Waals surface area contributed by atoms with Crippen LogP contribution >= 0.6 is 0 Å². The van der Waals surface area contributed by atoms with Gasteiger partial charge in [-0.25, -0.2) is 4.39 Å². The second kappa shape index (κ2) is 3.05. The molecule has 1 heterocycles. The lowest BCUT2D eigenvalue weighted by atomic mass is 9.93. The molecule has 0 atom stereocenters. The molecule has 1 fully saturated rings. The fraction of sp³-hybridized carbons (Fsp3) is 0.417. The van der Waals surface area contributed by atoms with Gasteiger partial charge in [0.1, 0.15) is 5.82 Å². The third-order valence-corrected chi connectivity index (χ3v) is 3.27. The quantitative estimate of drug-likeness (QED) is 0.697. The van der Waals surface area contributed by atoms with Gasteiger partial charge in [-0.1, -0.05) is 0 Å². The van der Waals surface area contributed by atoms with Crippen molar-refractivity contribution >= 4 is 10.9 Å². The van der Waals surface area contributed by atoms with Crippen LogP contribution in [-0.2, 0) is 0 Å². The smallest absolute Gasteiger partial charge is 0.125 e. The van der Waals surface area contributed by atoms with Crippen molar-refractivity contribution in [2.75, 3.05) is 0 Å². The van der Waals surface area contributed by atoms with Crippen LogP contribution in [-0.4, -0.2) is 9.78 Å². The molecule has 1 aromatic carbocycles. The number of halogens is 1. The van der Waals surface area contributed by atoms with E-state index >= 15 is 0 Å². The van der Waals surface area contributed by atoms with E-state index in [4.69, 9.17) is 0 Å². The standard InChI is InChI=1S/C12H13FN2/c1-8-11-6-5-9(13)7-12(11)15(14-8)10-3-2-4-10/h5-7,10H,2-4H2,1H3. The molecule has 0 unspecified atom stereocenters. The molecule has 2 aromatic rings. The summed E-state index contributed by atoms with van der Waals surface area (Å²) >= 11 is 0. The predicted octanol–water partition coefficient (Wildman–Crippen LogP) is 3.21. The van der Waals surface area contributed by atoms with Gasteiger partial charge in [-0.2, -0.15) is 5.10 Å². The van der Waals surface area contributed by atoms with Gasteiger partial charge in [-0.3, -0.25) is 4.68 Å². The van der Waals surface area contributed by atoms with E-state index in [2.05, 4.69) is 5.10 Å². The van der Waals surface area contributed by atoms with E-state index in [1.165, 1.54) is 25.3 Å². The molecule has 3 rings (SSSR count). The Morgan fingerprint density at radius 2 is 2.20 bits per heavy atom. The molecule has 15 heavy (non-hydrogen) atoms. The van der Waals surface area contributed by atoms with Crippen molar-refractivity contribution < 1.29 is 4.39 Å². The number of hydrogen-bond donors (Lipinski definition) is 0. The molecule has 1 aliphatic carbocycles. The minimum atomic E-state index is -0.178. The Labute approximate surface area is 87.7 Å². The van der Waals surface area contributed by atoms with Crippen molar-refractivity contribution in [1.82, 2.24) is 9.78 Å². The number of aromatic nitrogens is 2. The summed E-state index contributed by atoms with van der Waals surface area (Å²) in [5.41, 5.74) is 1.94. The van der Waals surface area contributed by atoms with E-state index in [1.54, 1.807) is 6.07 Å². The molecule has 78 valence electrons. The molecule has 1 aliphatic rings. The van der Waals surface area contributed by atoms with Crippen molar-refractivity contribution in [2.24, 2.45) is 0 Å². The average molecular weight is 204 g/mol. The molecule has 0 spiro atoms. The lowest BCUT2D eigenvalue weighted by Crippen LogP contribution is -2.18. The first-order chi connectivity index (χ1) is 7.25. The second-order valence-corrected chi connectivity index (χ2v) is 4.28. The number of hydrogen-bond acceptors (Lipinski definition) is 1. The maximum atomic E-state index is 13.2. The number of fused-ring (bicyclic) bond motifs is 1. The van der Waals surface area contributed by atoms with Crippen molar-refractivity contribution in [1.29, 1.82) is 0 Å². The average Bonchev–Trinajstić information content (AvgIpc) is 2.41. The van der Waals surface area contributed by atoms with Crippen LogP contribution in [0.1, 0.15) is 31.0 Å². The van der Waals surface area contributed by atoms with Gasteiger partial charge in [0, 0.05) is 5.39 Å². The fourth-order valence-corrected chi connectivity index (χ4v) is 2.18. The first kappa shape index (κ1) is 8.89. The topological polar surface area (TPSA) is 17.8 Å². The molecule has 0 aliphatic heterocycles. The lowest BCUT2D eigenvalue weighted by Gasteiger charge is -2.26. The Morgan fingerprint density at radius 1 is 1.40 bits per heavy atom. The normalized spacial score (nSPS) is 16.9. The monoisotopic (exact) mass is 204 g/mol. The van der Waals surface area contributed by atoms with Gasteiger partial charge in [0.05, 0.1) is 17.3 Å². The zero-order valence-corrected chi connectivity index (χ0v) is 8.70. The summed E-state index contributed by atoms with van der Waals surface area (Å²) in [5.74, 6) is -0.178. The first-order valence-corrected chi connectivity index (χ1v) is 5.40. The van der Waals surface area contributed by atoms with Crippen LogP contribution in [0.3, 0.4) is 0 Å². The molecule has 0 radical (unpaired) electrons. The van der Waals surface area contributed by atoms with Crippen LogP contribution in [0.15, 0.2) is 18.2 Å². The van der Waals surface area contributed by atoms with Crippen molar-refractivity contribution in [3.8, 4) is 0 Å². The molecule has 3 heteroatoms. The molecular weight excluding hydrogens is 191 g/mol. The second-order valence-electron chi connectivity index (χ2n) is 4.28. The van der Waals surface area contributed by atoms with Gasteiger partial charge >= 0.3 is 0 Å². The predicted molar refractivity (Wildman–Crippen MR) is 57.3 cm³/mol. The minimum Gasteiger partial charge on any atom is -0.261 e. The zero-order valence-electron chi connectivity index (χ0n) is 8.70. The maximum absolute atomic E-state index is 13.2. The summed E-state index contributed by atoms with van der Waals surface area (Å²) in [5, 5.41) is 5.58. The summed E-state index contributed by atoms with van der Waals surface area (Å²) < 4.78 is 15.2. The van der Waals surface area contributed by atoms with E-state index in [9.17, 15) is 4.39 Å². The van der Waals surface area contributed by atoms with Gasteiger partial charge in [-0.15, -0.1) is 0 Å². The number of benzene rings is 1. The fourth-order valence-electron chi connectivity index (χ4n) is 2.18. The largest absolute Gasteiger partial charge is 0.261 e. The van der Waals surface area contributed by atoms with E-state index in [1.807, 2.05) is 17.7 Å². The highest BCUT2D eigenvalue weighted by Gasteiger charge is 2.22. The summed E-state index contributed by atoms with van der Waals surface area (Å²) in [7, 11) is 0. The third kappa shape index (κ3) is 1.26. The third-order valence-electron chi connectivity index (χ3n) is 3.27. The summed E-state index contributed by atoms with van der Waals surface area (Å²) in [4.78, 5) is 0. The van der Waals surface area contributed by atoms with Crippen LogP contribution in [0.25, 0.3) is 10.9 Å². The van der Waals surface area contributed by atoms with E-state index in [0.717, 1.165) is 16.6 Å². The molecule has 0 bridgehead atoms. The zero-order chi connectivity index (χ0) is 10.4. The molecule has 2 nitrogen and oxygen atoms in total. The van der Waals surface area contributed by atoms with Crippen LogP contribution in [0.4, 0.5) is 4.39 Å². The SMILES string of the molecule is Cc1nn(C2CCC2)c2cc(F)ccc12. The van der Waals surface area contributed by atoms with Crippen LogP contribution < -0.4 is 0 Å². The minimum absolute atomic E-state index is 0.178. The Kier molecular flexibility index (Phi) is 1.81. The van der Waals surface area contributed by atoms with Crippen LogP contribution in [0, 0.1) is 12.7 Å². The van der Waals surface area contributed by atoms with Crippen LogP contribution in [0.2, 0.25) is 0 Å². The van der Waals surface area contributed by atoms with Crippen LogP contribution in [0.5, 0.6) is 0 Å². The summed E-state index contributed by atoms with van der Waals surface area (Å²) in [6.07, 6.45) is 3.61. The summed E-state index contributed by atoms with van der Waals surface area (Å²) in [6, 6.07) is 5.40. The molecule has 0 amide bonds. The van der Waals surface area contributed by atoms with Crippen molar-refractivity contribution in [3.05, 3.63) is 29.7 Å². The van der Waals surface area contributed by atoms with Crippen molar-refractivity contribution in [3.63, 3.8) is 0 Å².